The van der Waals surface area contributed by atoms with Gasteiger partial charge in [0.15, 0.2) is 0 Å². The van der Waals surface area contributed by atoms with Gasteiger partial charge >= 0.3 is 14.8 Å². The molecule has 0 heterocycles. The molecule has 0 amide bonds. The second kappa shape index (κ2) is 17.7. The second-order valence-electron chi connectivity index (χ2n) is 6.41. The third kappa shape index (κ3) is 13.5. The third-order valence-electron chi connectivity index (χ3n) is 3.88. The average Bonchev–Trinajstić information content (AvgIpc) is 2.62. The van der Waals surface area contributed by atoms with Crippen LogP contribution in [0.15, 0.2) is 12.2 Å². The van der Waals surface area contributed by atoms with Crippen molar-refractivity contribution < 1.29 is 22.8 Å². The predicted octanol–water partition coefficient (Wildman–Crippen LogP) is 5.27. The van der Waals surface area contributed by atoms with E-state index in [-0.39, 0.29) is 5.97 Å². The summed E-state index contributed by atoms with van der Waals surface area (Å²) >= 11 is 0. The quantitative estimate of drug-likeness (QED) is 0.138. The van der Waals surface area contributed by atoms with E-state index in [9.17, 15) is 4.79 Å². The number of carbonyl (C=O) groups excluding carboxylic acids is 1. The van der Waals surface area contributed by atoms with Crippen LogP contribution in [0.4, 0.5) is 0 Å². The van der Waals surface area contributed by atoms with E-state index < -0.39 is 8.80 Å². The molecule has 0 radical (unpaired) electrons. The molecular weight excluding hydrogens is 348 g/mol. The lowest BCUT2D eigenvalue weighted by atomic mass is 10.3. The largest absolute Gasteiger partial charge is 0.500 e. The van der Waals surface area contributed by atoms with Crippen molar-refractivity contribution in [3.63, 3.8) is 0 Å². The minimum atomic E-state index is -2.65. The lowest BCUT2D eigenvalue weighted by Crippen LogP contribution is -2.46. The van der Waals surface area contributed by atoms with Gasteiger partial charge in [0.25, 0.3) is 0 Å². The Morgan fingerprint density at radius 2 is 1.27 bits per heavy atom. The Bertz CT molecular complexity index is 334. The highest BCUT2D eigenvalue weighted by Gasteiger charge is 2.40. The summed E-state index contributed by atoms with van der Waals surface area (Å²) in [6.07, 6.45) is 11.1. The predicted molar refractivity (Wildman–Crippen MR) is 108 cm³/mol. The van der Waals surface area contributed by atoms with Gasteiger partial charge < -0.3 is 18.0 Å². The fourth-order valence-corrected chi connectivity index (χ4v) is 4.99. The maximum atomic E-state index is 11.4. The van der Waals surface area contributed by atoms with Gasteiger partial charge in [-0.1, -0.05) is 46.1 Å². The number of allylic oxidation sites excluding steroid dienone is 1. The molecule has 154 valence electrons. The molecule has 0 spiro atoms. The van der Waals surface area contributed by atoms with Gasteiger partial charge in [-0.25, -0.2) is 4.79 Å². The first-order valence-electron chi connectivity index (χ1n) is 10.3. The van der Waals surface area contributed by atoms with E-state index in [0.717, 1.165) is 57.4 Å². The Hall–Kier alpha value is -0.693. The summed E-state index contributed by atoms with van der Waals surface area (Å²) < 4.78 is 23.8. The normalized spacial score (nSPS) is 12.0. The fourth-order valence-electron chi connectivity index (χ4n) is 2.26. The van der Waals surface area contributed by atoms with Crippen LogP contribution < -0.4 is 0 Å². The van der Waals surface area contributed by atoms with Crippen LogP contribution in [0.5, 0.6) is 0 Å². The van der Waals surface area contributed by atoms with E-state index >= 15 is 0 Å². The number of esters is 1. The van der Waals surface area contributed by atoms with E-state index in [1.807, 2.05) is 0 Å². The zero-order chi connectivity index (χ0) is 19.5. The standard InChI is InChI=1S/C20H40O5Si/c1-5-9-16-23-26(24-17-10-6-2,25-18-11-7-3)19-13-12-15-22-20(21)14-8-4/h8,14H,5-7,9-13,15-19H2,1-4H3. The number of carbonyl (C=O) groups is 1. The number of hydrogen-bond donors (Lipinski definition) is 0. The molecule has 0 aliphatic carbocycles. The maximum Gasteiger partial charge on any atom is 0.500 e. The first kappa shape index (κ1) is 25.3. The molecular formula is C20H40O5Si. The summed E-state index contributed by atoms with van der Waals surface area (Å²) in [5.41, 5.74) is 0. The molecule has 0 aromatic rings. The smallest absolute Gasteiger partial charge is 0.463 e. The van der Waals surface area contributed by atoms with Crippen molar-refractivity contribution in [3.05, 3.63) is 12.2 Å². The highest BCUT2D eigenvalue weighted by atomic mass is 28.4. The molecule has 0 atom stereocenters. The minimum Gasteiger partial charge on any atom is -0.463 e. The molecule has 0 saturated heterocycles. The van der Waals surface area contributed by atoms with Crippen LogP contribution in [0.1, 0.15) is 79.1 Å². The van der Waals surface area contributed by atoms with E-state index in [0.29, 0.717) is 26.4 Å². The molecule has 0 fully saturated rings. The Balaban J connectivity index is 4.57. The van der Waals surface area contributed by atoms with Gasteiger partial charge in [0.05, 0.1) is 6.61 Å². The lowest BCUT2D eigenvalue weighted by molar-refractivity contribution is -0.137. The topological polar surface area (TPSA) is 54.0 Å². The Morgan fingerprint density at radius 1 is 0.769 bits per heavy atom. The van der Waals surface area contributed by atoms with Crippen molar-refractivity contribution in [2.45, 2.75) is 85.1 Å². The van der Waals surface area contributed by atoms with Gasteiger partial charge in [-0.05, 0) is 39.0 Å². The van der Waals surface area contributed by atoms with Crippen molar-refractivity contribution in [2.24, 2.45) is 0 Å². The van der Waals surface area contributed by atoms with Crippen molar-refractivity contribution >= 4 is 14.8 Å². The summed E-state index contributed by atoms with van der Waals surface area (Å²) in [5, 5.41) is 0. The van der Waals surface area contributed by atoms with E-state index in [2.05, 4.69) is 20.8 Å². The van der Waals surface area contributed by atoms with Crippen LogP contribution in [-0.4, -0.2) is 41.2 Å². The Labute approximate surface area is 161 Å². The van der Waals surface area contributed by atoms with Crippen LogP contribution in [0.3, 0.4) is 0 Å². The molecule has 0 aliphatic rings. The monoisotopic (exact) mass is 388 g/mol. The molecule has 0 bridgehead atoms. The number of hydrogen-bond acceptors (Lipinski definition) is 5. The highest BCUT2D eigenvalue weighted by Crippen LogP contribution is 2.21. The third-order valence-corrected chi connectivity index (χ3v) is 6.78. The Kier molecular flexibility index (Phi) is 17.2. The van der Waals surface area contributed by atoms with Crippen LogP contribution in [0, 0.1) is 0 Å². The number of ether oxygens (including phenoxy) is 1. The fraction of sp³-hybridized carbons (Fsp3) is 0.850. The van der Waals surface area contributed by atoms with Gasteiger partial charge in [-0.3, -0.25) is 0 Å². The SMILES string of the molecule is CC=CC(=O)OCCCC[Si](OCCCC)(OCCCC)OCCCC. The second-order valence-corrected chi connectivity index (χ2v) is 9.15. The first-order valence-corrected chi connectivity index (χ1v) is 12.3. The van der Waals surface area contributed by atoms with Gasteiger partial charge in [0.1, 0.15) is 0 Å². The molecule has 6 heteroatoms. The molecule has 0 aliphatic heterocycles. The molecule has 26 heavy (non-hydrogen) atoms. The van der Waals surface area contributed by atoms with Crippen molar-refractivity contribution in [3.8, 4) is 0 Å². The van der Waals surface area contributed by atoms with Crippen LogP contribution >= 0.6 is 0 Å². The molecule has 5 nitrogen and oxygen atoms in total. The first-order chi connectivity index (χ1) is 12.6. The summed E-state index contributed by atoms with van der Waals surface area (Å²) in [7, 11) is -2.65. The van der Waals surface area contributed by atoms with Gasteiger partial charge in [0, 0.05) is 31.9 Å². The summed E-state index contributed by atoms with van der Waals surface area (Å²) in [6.45, 7) is 10.8. The van der Waals surface area contributed by atoms with Gasteiger partial charge in [-0.2, -0.15) is 0 Å². The number of rotatable bonds is 18. The zero-order valence-electron chi connectivity index (χ0n) is 17.4. The summed E-state index contributed by atoms with van der Waals surface area (Å²) in [6, 6.07) is 0.783. The lowest BCUT2D eigenvalue weighted by Gasteiger charge is -2.30. The van der Waals surface area contributed by atoms with Crippen LogP contribution in [-0.2, 0) is 22.8 Å². The molecule has 0 N–H and O–H groups in total. The van der Waals surface area contributed by atoms with Crippen LogP contribution in [0.25, 0.3) is 0 Å². The minimum absolute atomic E-state index is 0.284. The van der Waals surface area contributed by atoms with Crippen molar-refractivity contribution in [2.75, 3.05) is 26.4 Å². The summed E-state index contributed by atoms with van der Waals surface area (Å²) in [5.74, 6) is -0.284. The van der Waals surface area contributed by atoms with E-state index in [1.165, 1.54) is 6.08 Å². The van der Waals surface area contributed by atoms with Crippen LogP contribution in [0.2, 0.25) is 6.04 Å². The molecule has 0 aromatic carbocycles. The molecule has 0 unspecified atom stereocenters. The average molecular weight is 389 g/mol. The summed E-state index contributed by atoms with van der Waals surface area (Å²) in [4.78, 5) is 11.4. The maximum absolute atomic E-state index is 11.4. The van der Waals surface area contributed by atoms with Crippen molar-refractivity contribution in [1.82, 2.24) is 0 Å². The van der Waals surface area contributed by atoms with E-state index in [1.54, 1.807) is 13.0 Å². The van der Waals surface area contributed by atoms with Gasteiger partial charge in [-0.15, -0.1) is 0 Å². The van der Waals surface area contributed by atoms with E-state index in [4.69, 9.17) is 18.0 Å². The zero-order valence-corrected chi connectivity index (χ0v) is 18.4. The highest BCUT2D eigenvalue weighted by molar-refractivity contribution is 6.60. The van der Waals surface area contributed by atoms with Crippen molar-refractivity contribution in [1.29, 1.82) is 0 Å². The molecule has 0 saturated carbocycles. The Morgan fingerprint density at radius 3 is 1.69 bits per heavy atom. The van der Waals surface area contributed by atoms with Gasteiger partial charge in [0.2, 0.25) is 0 Å². The number of unbranched alkanes of at least 4 members (excludes halogenated alkanes) is 4. The molecule has 0 aromatic heterocycles. The molecule has 0 rings (SSSR count).